The molecular weight excluding hydrogens is 434 g/mol. The van der Waals surface area contributed by atoms with Gasteiger partial charge in [-0.1, -0.05) is 71.9 Å². The van der Waals surface area contributed by atoms with Crippen molar-refractivity contribution in [2.24, 2.45) is 0 Å². The van der Waals surface area contributed by atoms with Gasteiger partial charge in [0.2, 0.25) is 11.7 Å². The van der Waals surface area contributed by atoms with Gasteiger partial charge in [0, 0.05) is 5.69 Å². The number of nitrogens with one attached hydrogen (secondary N) is 1. The smallest absolute Gasteiger partial charge is 0.263 e. The van der Waals surface area contributed by atoms with Crippen molar-refractivity contribution in [1.82, 2.24) is 19.2 Å². The zero-order chi connectivity index (χ0) is 22.8. The summed E-state index contributed by atoms with van der Waals surface area (Å²) in [6.45, 7) is 2.38. The van der Waals surface area contributed by atoms with Gasteiger partial charge >= 0.3 is 0 Å². The summed E-state index contributed by atoms with van der Waals surface area (Å²) in [4.78, 5) is 25.8. The zero-order valence-electron chi connectivity index (χ0n) is 17.9. The number of para-hydroxylation sites is 1. The third-order valence-corrected chi connectivity index (χ3v) is 6.26. The summed E-state index contributed by atoms with van der Waals surface area (Å²) in [5.74, 6) is 0.479. The highest BCUT2D eigenvalue weighted by molar-refractivity contribution is 7.99. The number of aryl methyl sites for hydroxylation is 1. The SMILES string of the molecule is Cc1ccc(NC(=O)CSc2nnc3n(Cc4ccccc4)c(=O)c4ccccc4n23)cc1. The number of aromatic nitrogens is 4. The number of carbonyl (C=O) groups excluding carboxylic acids is 1. The Morgan fingerprint density at radius 2 is 1.67 bits per heavy atom. The maximum absolute atomic E-state index is 13.3. The lowest BCUT2D eigenvalue weighted by Crippen LogP contribution is -2.24. The van der Waals surface area contributed by atoms with Crippen LogP contribution in [0.1, 0.15) is 11.1 Å². The van der Waals surface area contributed by atoms with Crippen molar-refractivity contribution in [3.63, 3.8) is 0 Å². The summed E-state index contributed by atoms with van der Waals surface area (Å²) in [5.41, 5.74) is 3.47. The molecule has 2 heterocycles. The lowest BCUT2D eigenvalue weighted by atomic mass is 10.2. The van der Waals surface area contributed by atoms with Crippen LogP contribution in [0, 0.1) is 6.92 Å². The van der Waals surface area contributed by atoms with Gasteiger partial charge in [-0.2, -0.15) is 0 Å². The minimum Gasteiger partial charge on any atom is -0.325 e. The van der Waals surface area contributed by atoms with Crippen molar-refractivity contribution in [3.05, 3.63) is 100 Å². The van der Waals surface area contributed by atoms with Crippen LogP contribution >= 0.6 is 11.8 Å². The number of hydrogen-bond acceptors (Lipinski definition) is 5. The highest BCUT2D eigenvalue weighted by Crippen LogP contribution is 2.22. The van der Waals surface area contributed by atoms with Crippen LogP contribution in [0.3, 0.4) is 0 Å². The van der Waals surface area contributed by atoms with E-state index < -0.39 is 0 Å². The van der Waals surface area contributed by atoms with Gasteiger partial charge in [-0.3, -0.25) is 18.6 Å². The number of amides is 1. The Labute approximate surface area is 194 Å². The first-order valence-corrected chi connectivity index (χ1v) is 11.5. The number of anilines is 1. The van der Waals surface area contributed by atoms with Crippen molar-refractivity contribution in [2.75, 3.05) is 11.1 Å². The normalized spacial score (nSPS) is 11.2. The molecule has 0 aliphatic rings. The fourth-order valence-corrected chi connectivity index (χ4v) is 4.44. The molecule has 0 spiro atoms. The second-order valence-corrected chi connectivity index (χ2v) is 8.66. The van der Waals surface area contributed by atoms with Gasteiger partial charge in [-0.15, -0.1) is 10.2 Å². The van der Waals surface area contributed by atoms with Crippen molar-refractivity contribution < 1.29 is 4.79 Å². The molecule has 1 amide bonds. The first kappa shape index (κ1) is 21.0. The second kappa shape index (κ2) is 8.91. The molecule has 1 N–H and O–H groups in total. The second-order valence-electron chi connectivity index (χ2n) is 7.71. The average molecular weight is 456 g/mol. The molecule has 0 radical (unpaired) electrons. The number of thioether (sulfide) groups is 1. The summed E-state index contributed by atoms with van der Waals surface area (Å²) in [6, 6.07) is 24.8. The molecule has 33 heavy (non-hydrogen) atoms. The maximum Gasteiger partial charge on any atom is 0.263 e. The Hall–Kier alpha value is -3.91. The van der Waals surface area contributed by atoms with E-state index in [4.69, 9.17) is 0 Å². The molecule has 164 valence electrons. The van der Waals surface area contributed by atoms with Crippen LogP contribution in [0.5, 0.6) is 0 Å². The molecule has 0 atom stereocenters. The van der Waals surface area contributed by atoms with E-state index in [9.17, 15) is 9.59 Å². The molecule has 2 aromatic heterocycles. The van der Waals surface area contributed by atoms with Gasteiger partial charge in [-0.25, -0.2) is 0 Å². The Kier molecular flexibility index (Phi) is 5.66. The first-order chi connectivity index (χ1) is 16.1. The van der Waals surface area contributed by atoms with E-state index in [0.717, 1.165) is 16.8 Å². The van der Waals surface area contributed by atoms with Crippen LogP contribution < -0.4 is 10.9 Å². The number of fused-ring (bicyclic) bond motifs is 3. The van der Waals surface area contributed by atoms with Crippen LogP contribution in [0.4, 0.5) is 5.69 Å². The van der Waals surface area contributed by atoms with Gasteiger partial charge in [-0.05, 0) is 36.8 Å². The predicted octanol–water partition coefficient (Wildman–Crippen LogP) is 4.13. The van der Waals surface area contributed by atoms with E-state index in [-0.39, 0.29) is 17.2 Å². The minimum absolute atomic E-state index is 0.122. The number of hydrogen-bond donors (Lipinski definition) is 1. The monoisotopic (exact) mass is 455 g/mol. The highest BCUT2D eigenvalue weighted by atomic mass is 32.2. The zero-order valence-corrected chi connectivity index (χ0v) is 18.7. The topological polar surface area (TPSA) is 81.3 Å². The van der Waals surface area contributed by atoms with E-state index in [1.165, 1.54) is 11.8 Å². The summed E-state index contributed by atoms with van der Waals surface area (Å²) >= 11 is 1.28. The quantitative estimate of drug-likeness (QED) is 0.389. The van der Waals surface area contributed by atoms with Crippen molar-refractivity contribution in [2.45, 2.75) is 18.6 Å². The molecule has 7 nitrogen and oxygen atoms in total. The molecule has 0 bridgehead atoms. The van der Waals surface area contributed by atoms with Crippen molar-refractivity contribution in [3.8, 4) is 0 Å². The van der Waals surface area contributed by atoms with Crippen molar-refractivity contribution >= 4 is 40.0 Å². The van der Waals surface area contributed by atoms with Crippen molar-refractivity contribution in [1.29, 1.82) is 0 Å². The van der Waals surface area contributed by atoms with Crippen LogP contribution in [-0.4, -0.2) is 30.8 Å². The van der Waals surface area contributed by atoms with Crippen LogP contribution in [0.25, 0.3) is 16.7 Å². The maximum atomic E-state index is 13.3. The van der Waals surface area contributed by atoms with E-state index in [1.54, 1.807) is 10.6 Å². The molecule has 0 saturated carbocycles. The lowest BCUT2D eigenvalue weighted by molar-refractivity contribution is -0.113. The van der Waals surface area contributed by atoms with E-state index in [0.29, 0.717) is 28.4 Å². The fourth-order valence-electron chi connectivity index (χ4n) is 3.70. The van der Waals surface area contributed by atoms with Crippen LogP contribution in [-0.2, 0) is 11.3 Å². The molecular formula is C25H21N5O2S. The first-order valence-electron chi connectivity index (χ1n) is 10.5. The fraction of sp³-hybridized carbons (Fsp3) is 0.120. The van der Waals surface area contributed by atoms with E-state index in [2.05, 4.69) is 15.5 Å². The van der Waals surface area contributed by atoms with E-state index in [1.807, 2.05) is 84.1 Å². The Balaban J connectivity index is 1.49. The summed E-state index contributed by atoms with van der Waals surface area (Å²) in [6.07, 6.45) is 0. The van der Waals surface area contributed by atoms with Gasteiger partial charge in [0.15, 0.2) is 5.16 Å². The lowest BCUT2D eigenvalue weighted by Gasteiger charge is -2.11. The molecule has 0 fully saturated rings. The van der Waals surface area contributed by atoms with Gasteiger partial charge in [0.25, 0.3) is 5.56 Å². The predicted molar refractivity (Wildman–Crippen MR) is 131 cm³/mol. The molecule has 0 aliphatic carbocycles. The summed E-state index contributed by atoms with van der Waals surface area (Å²) in [5, 5.41) is 12.7. The third-order valence-electron chi connectivity index (χ3n) is 5.33. The van der Waals surface area contributed by atoms with E-state index >= 15 is 0 Å². The third kappa shape index (κ3) is 4.25. The Bertz CT molecular complexity index is 1510. The Morgan fingerprint density at radius 1 is 0.939 bits per heavy atom. The molecule has 0 saturated heterocycles. The van der Waals surface area contributed by atoms with Gasteiger partial charge < -0.3 is 5.32 Å². The summed E-state index contributed by atoms with van der Waals surface area (Å²) in [7, 11) is 0. The van der Waals surface area contributed by atoms with Crippen LogP contribution in [0.15, 0.2) is 88.8 Å². The highest BCUT2D eigenvalue weighted by Gasteiger charge is 2.18. The minimum atomic E-state index is -0.137. The number of rotatable bonds is 6. The molecule has 8 heteroatoms. The molecule has 5 rings (SSSR count). The number of benzene rings is 3. The number of nitrogens with zero attached hydrogens (tertiary/aromatic N) is 4. The van der Waals surface area contributed by atoms with Crippen LogP contribution in [0.2, 0.25) is 0 Å². The van der Waals surface area contributed by atoms with Gasteiger partial charge in [0.1, 0.15) is 0 Å². The average Bonchev–Trinajstić information content (AvgIpc) is 3.27. The largest absolute Gasteiger partial charge is 0.325 e. The molecule has 0 unspecified atom stereocenters. The summed E-state index contributed by atoms with van der Waals surface area (Å²) < 4.78 is 3.48. The molecule has 3 aromatic carbocycles. The molecule has 5 aromatic rings. The number of carbonyl (C=O) groups is 1. The standard InChI is InChI=1S/C25H21N5O2S/c1-17-11-13-19(14-12-17)26-22(31)16-33-25-28-27-24-29(15-18-7-3-2-4-8-18)23(32)20-9-5-6-10-21(20)30(24)25/h2-14H,15-16H2,1H3,(H,26,31). The Morgan fingerprint density at radius 3 is 2.45 bits per heavy atom. The van der Waals surface area contributed by atoms with Gasteiger partial charge in [0.05, 0.1) is 23.2 Å². The molecule has 0 aliphatic heterocycles.